The van der Waals surface area contributed by atoms with Crippen LogP contribution in [0.15, 0.2) is 52.1 Å². The largest absolute Gasteiger partial charge is 0.504 e. The molecular formula is C22H17N5O4. The Labute approximate surface area is 176 Å². The van der Waals surface area contributed by atoms with Crippen LogP contribution in [0.25, 0.3) is 22.6 Å². The Morgan fingerprint density at radius 3 is 3.13 bits per heavy atom. The summed E-state index contributed by atoms with van der Waals surface area (Å²) in [6.07, 6.45) is 6.58. The standard InChI is InChI=1S/C22H17N5O4/c1-2-30-22(29)18-19(28)17(9-12-10-24-20-15(12)4-3-7-23-20)31-21(18)26-14-5-6-16-13(8-14)11-25-27-16/h3-11,26,28H,2H2,1H3,(H,25,27). The van der Waals surface area contributed by atoms with Gasteiger partial charge in [0.2, 0.25) is 5.88 Å². The van der Waals surface area contributed by atoms with Gasteiger partial charge in [0.1, 0.15) is 0 Å². The van der Waals surface area contributed by atoms with Crippen molar-refractivity contribution >= 4 is 52.1 Å². The van der Waals surface area contributed by atoms with Crippen LogP contribution in [0.5, 0.6) is 5.75 Å². The van der Waals surface area contributed by atoms with Crippen molar-refractivity contribution in [1.82, 2.24) is 15.2 Å². The Morgan fingerprint density at radius 2 is 2.26 bits per heavy atom. The topological polar surface area (TPSA) is 126 Å². The van der Waals surface area contributed by atoms with Gasteiger partial charge in [-0.25, -0.2) is 14.8 Å². The van der Waals surface area contributed by atoms with E-state index in [-0.39, 0.29) is 29.6 Å². The van der Waals surface area contributed by atoms with E-state index in [2.05, 4.69) is 25.5 Å². The lowest BCUT2D eigenvalue weighted by molar-refractivity contribution is 0.0524. The number of aromatic hydroxyl groups is 1. The van der Waals surface area contributed by atoms with Gasteiger partial charge in [0.05, 0.1) is 18.3 Å². The van der Waals surface area contributed by atoms with E-state index in [4.69, 9.17) is 9.15 Å². The van der Waals surface area contributed by atoms with Gasteiger partial charge in [0.15, 0.2) is 22.9 Å². The fourth-order valence-corrected chi connectivity index (χ4v) is 3.35. The molecule has 0 amide bonds. The van der Waals surface area contributed by atoms with E-state index in [1.807, 2.05) is 18.2 Å². The minimum absolute atomic E-state index is 0.0759. The number of hydrogen-bond donors (Lipinski definition) is 3. The molecule has 0 fully saturated rings. The van der Waals surface area contributed by atoms with Gasteiger partial charge in [-0.2, -0.15) is 5.10 Å². The summed E-state index contributed by atoms with van der Waals surface area (Å²) < 4.78 is 11.0. The van der Waals surface area contributed by atoms with E-state index in [9.17, 15) is 9.90 Å². The number of carbonyl (C=O) groups is 1. The van der Waals surface area contributed by atoms with Crippen molar-refractivity contribution < 1.29 is 19.1 Å². The molecule has 0 spiro atoms. The van der Waals surface area contributed by atoms with Crippen molar-refractivity contribution in [3.63, 3.8) is 0 Å². The molecule has 0 bridgehead atoms. The number of aromatic amines is 1. The average molecular weight is 415 g/mol. The second-order valence-electron chi connectivity index (χ2n) is 6.77. The number of esters is 1. The van der Waals surface area contributed by atoms with E-state index in [1.54, 1.807) is 43.7 Å². The number of hydrogen-bond acceptors (Lipinski definition) is 8. The second-order valence-corrected chi connectivity index (χ2v) is 6.77. The molecule has 3 aromatic heterocycles. The Balaban J connectivity index is 1.56. The molecule has 154 valence electrons. The van der Waals surface area contributed by atoms with Gasteiger partial charge in [0, 0.05) is 34.6 Å². The zero-order valence-electron chi connectivity index (χ0n) is 16.4. The number of aromatic nitrogens is 3. The third-order valence-electron chi connectivity index (χ3n) is 4.80. The number of H-pyrrole nitrogens is 1. The van der Waals surface area contributed by atoms with Crippen LogP contribution in [0.4, 0.5) is 17.4 Å². The summed E-state index contributed by atoms with van der Waals surface area (Å²) in [6, 6.07) is 9.16. The van der Waals surface area contributed by atoms with Crippen LogP contribution in [0.3, 0.4) is 0 Å². The van der Waals surface area contributed by atoms with Gasteiger partial charge in [-0.1, -0.05) is 0 Å². The maximum absolute atomic E-state index is 12.5. The number of nitrogens with zero attached hydrogens (tertiary/aromatic N) is 3. The number of pyridine rings is 1. The molecule has 1 aliphatic heterocycles. The molecule has 0 atom stereocenters. The number of benzene rings is 1. The number of carbonyl (C=O) groups excluding carboxylic acids is 1. The molecular weight excluding hydrogens is 398 g/mol. The summed E-state index contributed by atoms with van der Waals surface area (Å²) in [7, 11) is 0. The normalized spacial score (nSPS) is 13.6. The van der Waals surface area contributed by atoms with Gasteiger partial charge in [0.25, 0.3) is 0 Å². The van der Waals surface area contributed by atoms with Crippen molar-refractivity contribution in [2.24, 2.45) is 4.99 Å². The zero-order chi connectivity index (χ0) is 21.4. The molecule has 0 saturated carbocycles. The molecule has 1 aromatic carbocycles. The number of aliphatic imine (C=N–C) groups is 1. The van der Waals surface area contributed by atoms with Crippen molar-refractivity contribution in [2.45, 2.75) is 6.92 Å². The Bertz CT molecular complexity index is 1370. The van der Waals surface area contributed by atoms with E-state index in [0.717, 1.165) is 16.5 Å². The van der Waals surface area contributed by atoms with Crippen LogP contribution in [-0.2, 0) is 4.74 Å². The molecule has 0 radical (unpaired) electrons. The number of rotatable bonds is 5. The van der Waals surface area contributed by atoms with E-state index >= 15 is 0 Å². The minimum atomic E-state index is -0.692. The summed E-state index contributed by atoms with van der Waals surface area (Å²) in [5.74, 6) is -0.247. The summed E-state index contributed by atoms with van der Waals surface area (Å²) in [6.45, 7) is 1.85. The van der Waals surface area contributed by atoms with Crippen molar-refractivity contribution in [3.05, 3.63) is 59.6 Å². The number of nitrogens with one attached hydrogen (secondary N) is 2. The Morgan fingerprint density at radius 1 is 1.35 bits per heavy atom. The highest BCUT2D eigenvalue weighted by molar-refractivity contribution is 6.21. The minimum Gasteiger partial charge on any atom is -0.504 e. The van der Waals surface area contributed by atoms with Crippen LogP contribution in [0.1, 0.15) is 28.6 Å². The molecule has 0 aliphatic carbocycles. The molecule has 1 aliphatic rings. The van der Waals surface area contributed by atoms with Crippen LogP contribution in [0.2, 0.25) is 0 Å². The summed E-state index contributed by atoms with van der Waals surface area (Å²) in [4.78, 5) is 21.0. The fourth-order valence-electron chi connectivity index (χ4n) is 3.35. The fraction of sp³-hybridized carbons (Fsp3) is 0.0909. The lowest BCUT2D eigenvalue weighted by Gasteiger charge is -2.06. The van der Waals surface area contributed by atoms with E-state index in [0.29, 0.717) is 17.1 Å². The maximum Gasteiger partial charge on any atom is 0.347 e. The highest BCUT2D eigenvalue weighted by Gasteiger charge is 2.27. The van der Waals surface area contributed by atoms with Crippen molar-refractivity contribution in [2.75, 3.05) is 11.9 Å². The highest BCUT2D eigenvalue weighted by Crippen LogP contribution is 2.39. The first-order chi connectivity index (χ1) is 15.1. The quantitative estimate of drug-likeness (QED) is 0.412. The van der Waals surface area contributed by atoms with E-state index < -0.39 is 5.97 Å². The first-order valence-corrected chi connectivity index (χ1v) is 9.58. The number of furan rings is 1. The van der Waals surface area contributed by atoms with Crippen molar-refractivity contribution in [1.29, 1.82) is 0 Å². The number of ether oxygens (including phenoxy) is 1. The van der Waals surface area contributed by atoms with Gasteiger partial charge in [-0.3, -0.25) is 5.10 Å². The molecule has 31 heavy (non-hydrogen) atoms. The molecule has 3 N–H and O–H groups in total. The molecule has 0 unspecified atom stereocenters. The number of anilines is 2. The molecule has 5 rings (SSSR count). The summed E-state index contributed by atoms with van der Waals surface area (Å²) in [5.41, 5.74) is 2.95. The van der Waals surface area contributed by atoms with Crippen LogP contribution in [-0.4, -0.2) is 39.1 Å². The summed E-state index contributed by atoms with van der Waals surface area (Å²) >= 11 is 0. The van der Waals surface area contributed by atoms with Gasteiger partial charge >= 0.3 is 5.97 Å². The predicted molar refractivity (Wildman–Crippen MR) is 116 cm³/mol. The lowest BCUT2D eigenvalue weighted by atomic mass is 10.1. The molecule has 0 saturated heterocycles. The predicted octanol–water partition coefficient (Wildman–Crippen LogP) is 4.43. The third kappa shape index (κ3) is 3.31. The maximum atomic E-state index is 12.5. The van der Waals surface area contributed by atoms with E-state index in [1.165, 1.54) is 0 Å². The number of fused-ring (bicyclic) bond motifs is 2. The lowest BCUT2D eigenvalue weighted by Crippen LogP contribution is -2.06. The zero-order valence-corrected chi connectivity index (χ0v) is 16.4. The highest BCUT2D eigenvalue weighted by atomic mass is 16.5. The molecule has 4 heterocycles. The SMILES string of the molecule is CCOC(=O)c1c(Nc2ccc3[nH]ncc3c2)oc(C=C2C=Nc3ncccc32)c1O. The first kappa shape index (κ1) is 18.6. The Hall–Kier alpha value is -4.40. The molecule has 4 aromatic rings. The molecule has 9 nitrogen and oxygen atoms in total. The monoisotopic (exact) mass is 415 g/mol. The molecule has 9 heteroatoms. The summed E-state index contributed by atoms with van der Waals surface area (Å²) in [5, 5.41) is 21.6. The Kier molecular flexibility index (Phi) is 4.47. The van der Waals surface area contributed by atoms with Gasteiger partial charge in [-0.05, 0) is 43.3 Å². The van der Waals surface area contributed by atoms with Crippen LogP contribution < -0.4 is 5.32 Å². The average Bonchev–Trinajstić information content (AvgIpc) is 3.47. The van der Waals surface area contributed by atoms with Gasteiger partial charge in [-0.15, -0.1) is 0 Å². The van der Waals surface area contributed by atoms with Crippen molar-refractivity contribution in [3.8, 4) is 5.75 Å². The number of allylic oxidation sites excluding steroid dienone is 1. The smallest absolute Gasteiger partial charge is 0.347 e. The van der Waals surface area contributed by atoms with Gasteiger partial charge < -0.3 is 19.6 Å². The first-order valence-electron chi connectivity index (χ1n) is 9.58. The second kappa shape index (κ2) is 7.45. The van der Waals surface area contributed by atoms with Crippen LogP contribution >= 0.6 is 0 Å². The van der Waals surface area contributed by atoms with Crippen LogP contribution in [0, 0.1) is 0 Å². The third-order valence-corrected chi connectivity index (χ3v) is 4.80.